The molecule has 0 aliphatic carbocycles. The van der Waals surface area contributed by atoms with Gasteiger partial charge in [0.1, 0.15) is 5.82 Å². The molecule has 1 aliphatic heterocycles. The number of rotatable bonds is 7. The van der Waals surface area contributed by atoms with Gasteiger partial charge < -0.3 is 25.8 Å². The molecule has 37 heavy (non-hydrogen) atoms. The number of carbonyl (C=O) groups is 1. The van der Waals surface area contributed by atoms with Gasteiger partial charge in [-0.2, -0.15) is 0 Å². The maximum absolute atomic E-state index is 12.6. The van der Waals surface area contributed by atoms with E-state index < -0.39 is 0 Å². The average Bonchev–Trinajstić information content (AvgIpc) is 2.98. The van der Waals surface area contributed by atoms with E-state index in [-0.39, 0.29) is 12.5 Å². The van der Waals surface area contributed by atoms with Gasteiger partial charge in [0.2, 0.25) is 0 Å². The van der Waals surface area contributed by atoms with E-state index in [1.54, 1.807) is 12.1 Å². The summed E-state index contributed by atoms with van der Waals surface area (Å²) >= 11 is 0. The fourth-order valence-corrected chi connectivity index (χ4v) is 4.19. The highest BCUT2D eigenvalue weighted by molar-refractivity contribution is 6.04. The van der Waals surface area contributed by atoms with Crippen LogP contribution in [0.4, 0.5) is 11.5 Å². The van der Waals surface area contributed by atoms with Gasteiger partial charge in [0.15, 0.2) is 5.82 Å². The van der Waals surface area contributed by atoms with Crippen molar-refractivity contribution in [3.05, 3.63) is 95.6 Å². The van der Waals surface area contributed by atoms with Gasteiger partial charge in [0.05, 0.1) is 25.5 Å². The Morgan fingerprint density at radius 2 is 1.68 bits per heavy atom. The number of aliphatic hydroxyl groups excluding tert-OH is 1. The molecule has 1 aromatic heterocycles. The largest absolute Gasteiger partial charge is 0.392 e. The van der Waals surface area contributed by atoms with Gasteiger partial charge in [0.25, 0.3) is 5.91 Å². The van der Waals surface area contributed by atoms with E-state index >= 15 is 0 Å². The van der Waals surface area contributed by atoms with Crippen LogP contribution in [0.5, 0.6) is 0 Å². The highest BCUT2D eigenvalue weighted by Crippen LogP contribution is 2.28. The minimum atomic E-state index is -0.181. The SMILES string of the molecule is NCc1ccc(C(=O)Nc2ccc(-c3cc(N4CCOCC4)nc(-c4cccc(CO)c4)n3)cc2)cc1. The molecule has 0 radical (unpaired) electrons. The van der Waals surface area contributed by atoms with Crippen molar-refractivity contribution < 1.29 is 14.6 Å². The number of nitrogens with zero attached hydrogens (tertiary/aromatic N) is 3. The van der Waals surface area contributed by atoms with Gasteiger partial charge in [-0.25, -0.2) is 9.97 Å². The Morgan fingerprint density at radius 1 is 0.919 bits per heavy atom. The van der Waals surface area contributed by atoms with Crippen molar-refractivity contribution in [2.45, 2.75) is 13.2 Å². The number of benzene rings is 3. The summed E-state index contributed by atoms with van der Waals surface area (Å²) in [4.78, 5) is 24.5. The Morgan fingerprint density at radius 3 is 2.38 bits per heavy atom. The smallest absolute Gasteiger partial charge is 0.255 e. The number of morpholine rings is 1. The van der Waals surface area contributed by atoms with Crippen molar-refractivity contribution in [3.63, 3.8) is 0 Å². The third-order valence-electron chi connectivity index (χ3n) is 6.31. The van der Waals surface area contributed by atoms with Crippen LogP contribution in [0.25, 0.3) is 22.6 Å². The van der Waals surface area contributed by atoms with Gasteiger partial charge in [-0.3, -0.25) is 4.79 Å². The van der Waals surface area contributed by atoms with E-state index in [1.165, 1.54) is 0 Å². The first-order valence-electron chi connectivity index (χ1n) is 12.3. The first-order chi connectivity index (χ1) is 18.1. The molecule has 1 aliphatic rings. The first-order valence-corrected chi connectivity index (χ1v) is 12.3. The number of aromatic nitrogens is 2. The highest BCUT2D eigenvalue weighted by atomic mass is 16.5. The Bertz CT molecular complexity index is 1370. The molecule has 8 heteroatoms. The van der Waals surface area contributed by atoms with Crippen LogP contribution in [-0.4, -0.2) is 47.3 Å². The minimum Gasteiger partial charge on any atom is -0.392 e. The number of aliphatic hydroxyl groups is 1. The van der Waals surface area contributed by atoms with E-state index in [2.05, 4.69) is 10.2 Å². The molecule has 188 valence electrons. The molecule has 0 bridgehead atoms. The molecule has 0 atom stereocenters. The van der Waals surface area contributed by atoms with Crippen molar-refractivity contribution in [2.24, 2.45) is 5.73 Å². The molecule has 3 aromatic carbocycles. The fourth-order valence-electron chi connectivity index (χ4n) is 4.19. The summed E-state index contributed by atoms with van der Waals surface area (Å²) in [5.74, 6) is 1.24. The lowest BCUT2D eigenvalue weighted by Gasteiger charge is -2.28. The summed E-state index contributed by atoms with van der Waals surface area (Å²) in [7, 11) is 0. The number of nitrogens with one attached hydrogen (secondary N) is 1. The standard InChI is InChI=1S/C29H29N5O3/c30-18-20-4-6-23(7-5-20)29(36)31-25-10-8-22(9-11-25)26-17-27(34-12-14-37-15-13-34)33-28(32-26)24-3-1-2-21(16-24)19-35/h1-11,16-17,35H,12-15,18-19,30H2,(H,31,36). The first kappa shape index (κ1) is 24.6. The normalized spacial score (nSPS) is 13.4. The third kappa shape index (κ3) is 5.83. The molecular formula is C29H29N5O3. The average molecular weight is 496 g/mol. The number of anilines is 2. The predicted molar refractivity (Wildman–Crippen MR) is 144 cm³/mol. The van der Waals surface area contributed by atoms with Crippen LogP contribution in [0.2, 0.25) is 0 Å². The summed E-state index contributed by atoms with van der Waals surface area (Å²) in [5, 5.41) is 12.5. The molecule has 0 spiro atoms. The number of ether oxygens (including phenoxy) is 1. The molecule has 0 saturated carbocycles. The van der Waals surface area contributed by atoms with Gasteiger partial charge in [-0.05, 0) is 41.5 Å². The molecule has 4 N–H and O–H groups in total. The van der Waals surface area contributed by atoms with Gasteiger partial charge in [0, 0.05) is 48.1 Å². The Kier molecular flexibility index (Phi) is 7.51. The second kappa shape index (κ2) is 11.3. The zero-order chi connectivity index (χ0) is 25.6. The zero-order valence-electron chi connectivity index (χ0n) is 20.4. The third-order valence-corrected chi connectivity index (χ3v) is 6.31. The lowest BCUT2D eigenvalue weighted by molar-refractivity contribution is 0.102. The molecule has 4 aromatic rings. The van der Waals surface area contributed by atoms with Crippen molar-refractivity contribution in [1.29, 1.82) is 0 Å². The Balaban J connectivity index is 1.42. The van der Waals surface area contributed by atoms with E-state index in [0.717, 1.165) is 46.9 Å². The zero-order valence-corrected chi connectivity index (χ0v) is 20.4. The van der Waals surface area contributed by atoms with Crippen LogP contribution < -0.4 is 16.0 Å². The van der Waals surface area contributed by atoms with E-state index in [9.17, 15) is 9.90 Å². The van der Waals surface area contributed by atoms with Crippen LogP contribution in [-0.2, 0) is 17.9 Å². The molecule has 1 fully saturated rings. The van der Waals surface area contributed by atoms with Gasteiger partial charge >= 0.3 is 0 Å². The van der Waals surface area contributed by atoms with Crippen LogP contribution in [0.15, 0.2) is 78.9 Å². The number of carbonyl (C=O) groups excluding carboxylic acids is 1. The second-order valence-electron chi connectivity index (χ2n) is 8.83. The summed E-state index contributed by atoms with van der Waals surface area (Å²) in [5.41, 5.74) is 11.2. The second-order valence-corrected chi connectivity index (χ2v) is 8.83. The van der Waals surface area contributed by atoms with E-state index in [0.29, 0.717) is 36.8 Å². The summed E-state index contributed by atoms with van der Waals surface area (Å²) in [6.45, 7) is 3.20. The van der Waals surface area contributed by atoms with Crippen molar-refractivity contribution in [2.75, 3.05) is 36.5 Å². The molecule has 1 saturated heterocycles. The Hall–Kier alpha value is -4.11. The lowest BCUT2D eigenvalue weighted by atomic mass is 10.1. The van der Waals surface area contributed by atoms with Crippen LogP contribution >= 0.6 is 0 Å². The van der Waals surface area contributed by atoms with Gasteiger partial charge in [-0.1, -0.05) is 42.5 Å². The molecule has 8 nitrogen and oxygen atoms in total. The Labute approximate surface area is 215 Å². The monoisotopic (exact) mass is 495 g/mol. The highest BCUT2D eigenvalue weighted by Gasteiger charge is 2.17. The molecular weight excluding hydrogens is 466 g/mol. The maximum Gasteiger partial charge on any atom is 0.255 e. The predicted octanol–water partition coefficient (Wildman–Crippen LogP) is 3.85. The summed E-state index contributed by atoms with van der Waals surface area (Å²) in [6, 6.07) is 24.5. The van der Waals surface area contributed by atoms with Crippen LogP contribution in [0.1, 0.15) is 21.5 Å². The molecule has 5 rings (SSSR count). The molecule has 1 amide bonds. The van der Waals surface area contributed by atoms with Crippen molar-refractivity contribution in [3.8, 4) is 22.6 Å². The quantitative estimate of drug-likeness (QED) is 0.357. The van der Waals surface area contributed by atoms with E-state index in [4.69, 9.17) is 20.4 Å². The summed E-state index contributed by atoms with van der Waals surface area (Å²) < 4.78 is 5.52. The maximum atomic E-state index is 12.6. The minimum absolute atomic E-state index is 0.0474. The van der Waals surface area contributed by atoms with Gasteiger partial charge in [-0.15, -0.1) is 0 Å². The van der Waals surface area contributed by atoms with Crippen LogP contribution in [0, 0.1) is 0 Å². The topological polar surface area (TPSA) is 114 Å². The molecule has 0 unspecified atom stereocenters. The number of amides is 1. The number of hydrogen-bond donors (Lipinski definition) is 3. The fraction of sp³-hybridized carbons (Fsp3) is 0.207. The van der Waals surface area contributed by atoms with E-state index in [1.807, 2.05) is 66.7 Å². The molecule has 2 heterocycles. The van der Waals surface area contributed by atoms with Crippen LogP contribution in [0.3, 0.4) is 0 Å². The number of hydrogen-bond acceptors (Lipinski definition) is 7. The number of nitrogens with two attached hydrogens (primary N) is 1. The van der Waals surface area contributed by atoms with Crippen molar-refractivity contribution >= 4 is 17.4 Å². The van der Waals surface area contributed by atoms with Crippen molar-refractivity contribution in [1.82, 2.24) is 9.97 Å². The summed E-state index contributed by atoms with van der Waals surface area (Å²) in [6.07, 6.45) is 0. The lowest BCUT2D eigenvalue weighted by Crippen LogP contribution is -2.36.